The van der Waals surface area contributed by atoms with E-state index in [9.17, 15) is 0 Å². The smallest absolute Gasteiger partial charge is 0.344 e. The van der Waals surface area contributed by atoms with Crippen LogP contribution >= 0.6 is 0 Å². The zero-order valence-corrected chi connectivity index (χ0v) is 7.97. The van der Waals surface area contributed by atoms with Gasteiger partial charge in [-0.25, -0.2) is 5.26 Å². The van der Waals surface area contributed by atoms with Crippen LogP contribution < -0.4 is 11.5 Å². The van der Waals surface area contributed by atoms with Gasteiger partial charge in [-0.3, -0.25) is 4.55 Å². The van der Waals surface area contributed by atoms with Crippen molar-refractivity contribution in [2.75, 3.05) is 13.1 Å². The fraction of sp³-hybridized carbons (Fsp3) is 1.00. The number of rotatable bonds is 3. The minimum Gasteiger partial charge on any atom is -0.344 e. The van der Waals surface area contributed by atoms with E-state index in [2.05, 4.69) is 23.5 Å². The third-order valence-corrected chi connectivity index (χ3v) is 0.783. The standard InChI is InChI=1S/C4H11N.H3N.H2O5S/c1-3-5-4-2;;1-5-6(2,3)4/h5H,3-4H2,1-2H3;1H3;1H,(H,2,3,4). The molecule has 0 atom stereocenters. The largest absolute Gasteiger partial charge is 0.423 e. The van der Waals surface area contributed by atoms with Gasteiger partial charge in [-0.15, -0.1) is 0 Å². The normalized spacial score (nSPS) is 9.33. The van der Waals surface area contributed by atoms with Crippen LogP contribution in [0.5, 0.6) is 0 Å². The van der Waals surface area contributed by atoms with Crippen molar-refractivity contribution in [2.24, 2.45) is 0 Å². The lowest BCUT2D eigenvalue weighted by molar-refractivity contribution is -0.139. The van der Waals surface area contributed by atoms with Gasteiger partial charge in [-0.1, -0.05) is 18.2 Å². The van der Waals surface area contributed by atoms with E-state index < -0.39 is 10.4 Å². The summed E-state index contributed by atoms with van der Waals surface area (Å²) in [5.41, 5.74) is 0. The summed E-state index contributed by atoms with van der Waals surface area (Å²) in [6.07, 6.45) is 0. The summed E-state index contributed by atoms with van der Waals surface area (Å²) in [5.74, 6) is 0. The summed E-state index contributed by atoms with van der Waals surface area (Å²) in [5, 5.41) is 10.2. The SMILES string of the molecule is CCNCC.N.O=S(=O)(O)OO. The predicted octanol–water partition coefficient (Wildman–Crippen LogP) is 0.0566. The molecule has 0 unspecified atom stereocenters. The fourth-order valence-corrected chi connectivity index (χ4v) is 0.250. The first-order chi connectivity index (χ1) is 4.97. The summed E-state index contributed by atoms with van der Waals surface area (Å²) in [4.78, 5) is 0. The fourth-order valence-electron chi connectivity index (χ4n) is 0.250. The summed E-state index contributed by atoms with van der Waals surface area (Å²) in [7, 11) is -4.61. The number of hydrogen-bond donors (Lipinski definition) is 4. The van der Waals surface area contributed by atoms with Gasteiger partial charge in [-0.2, -0.15) is 8.42 Å². The second-order valence-electron chi connectivity index (χ2n) is 1.46. The third kappa shape index (κ3) is 33.1. The molecule has 0 aromatic heterocycles. The Morgan fingerprint density at radius 2 is 1.58 bits per heavy atom. The first-order valence-corrected chi connectivity index (χ1v) is 4.35. The van der Waals surface area contributed by atoms with E-state index in [1.165, 1.54) is 0 Å². The molecule has 0 fully saturated rings. The van der Waals surface area contributed by atoms with Crippen molar-refractivity contribution in [3.05, 3.63) is 0 Å². The molecule has 0 spiro atoms. The van der Waals surface area contributed by atoms with Crippen LogP contribution in [0.3, 0.4) is 0 Å². The minimum absolute atomic E-state index is 0. The molecule has 0 aliphatic rings. The van der Waals surface area contributed by atoms with Crippen LogP contribution in [0, 0.1) is 0 Å². The zero-order valence-electron chi connectivity index (χ0n) is 7.15. The molecule has 0 heterocycles. The Morgan fingerprint density at radius 1 is 1.33 bits per heavy atom. The van der Waals surface area contributed by atoms with Gasteiger partial charge in [-0.05, 0) is 13.1 Å². The predicted molar refractivity (Wildman–Crippen MR) is 44.5 cm³/mol. The molecule has 0 rings (SSSR count). The minimum atomic E-state index is -4.61. The van der Waals surface area contributed by atoms with Crippen molar-refractivity contribution in [2.45, 2.75) is 13.8 Å². The Labute approximate surface area is 72.2 Å². The monoisotopic (exact) mass is 204 g/mol. The molecule has 0 aromatic rings. The zero-order chi connectivity index (χ0) is 9.33. The van der Waals surface area contributed by atoms with Crippen molar-refractivity contribution in [1.29, 1.82) is 0 Å². The molecule has 0 radical (unpaired) electrons. The second-order valence-corrected chi connectivity index (χ2v) is 2.46. The third-order valence-electron chi connectivity index (χ3n) is 0.594. The molecule has 0 aromatic carbocycles. The van der Waals surface area contributed by atoms with Gasteiger partial charge in [0, 0.05) is 0 Å². The Balaban J connectivity index is -0.000000126. The summed E-state index contributed by atoms with van der Waals surface area (Å²) >= 11 is 0. The van der Waals surface area contributed by atoms with Gasteiger partial charge in [0.1, 0.15) is 0 Å². The van der Waals surface area contributed by atoms with Crippen molar-refractivity contribution >= 4 is 10.4 Å². The molecule has 6 N–H and O–H groups in total. The average molecular weight is 204 g/mol. The van der Waals surface area contributed by atoms with Gasteiger partial charge in [0.05, 0.1) is 0 Å². The van der Waals surface area contributed by atoms with Gasteiger partial charge >= 0.3 is 10.4 Å². The number of nitrogens with one attached hydrogen (secondary N) is 1. The van der Waals surface area contributed by atoms with Gasteiger partial charge in [0.25, 0.3) is 0 Å². The first-order valence-electron chi connectivity index (χ1n) is 2.99. The van der Waals surface area contributed by atoms with Crippen molar-refractivity contribution in [3.8, 4) is 0 Å². The molecule has 0 saturated carbocycles. The lowest BCUT2D eigenvalue weighted by Crippen LogP contribution is -2.09. The van der Waals surface area contributed by atoms with Crippen molar-refractivity contribution in [3.63, 3.8) is 0 Å². The lowest BCUT2D eigenvalue weighted by atomic mass is 10.7. The molecule has 8 heteroatoms. The van der Waals surface area contributed by atoms with Crippen molar-refractivity contribution in [1.82, 2.24) is 11.5 Å². The Morgan fingerprint density at radius 3 is 1.58 bits per heavy atom. The quantitative estimate of drug-likeness (QED) is 0.290. The summed E-state index contributed by atoms with van der Waals surface area (Å²) in [6, 6.07) is 0. The topological polar surface area (TPSA) is 131 Å². The van der Waals surface area contributed by atoms with E-state index in [0.29, 0.717) is 0 Å². The second kappa shape index (κ2) is 10.8. The van der Waals surface area contributed by atoms with E-state index in [0.717, 1.165) is 13.1 Å². The van der Waals surface area contributed by atoms with E-state index in [-0.39, 0.29) is 6.15 Å². The molecule has 0 bridgehead atoms. The van der Waals surface area contributed by atoms with Crippen molar-refractivity contribution < 1.29 is 22.6 Å². The molecule has 7 nitrogen and oxygen atoms in total. The molecule has 0 amide bonds. The molecule has 12 heavy (non-hydrogen) atoms. The molecule has 0 aliphatic heterocycles. The van der Waals surface area contributed by atoms with E-state index in [4.69, 9.17) is 18.2 Å². The Hall–Kier alpha value is -0.250. The Bertz CT molecular complexity index is 155. The average Bonchev–Trinajstić information content (AvgIpc) is 1.90. The van der Waals surface area contributed by atoms with Crippen LogP contribution in [-0.4, -0.2) is 31.3 Å². The van der Waals surface area contributed by atoms with Crippen LogP contribution in [0.2, 0.25) is 0 Å². The van der Waals surface area contributed by atoms with Crippen LogP contribution in [0.1, 0.15) is 13.8 Å². The van der Waals surface area contributed by atoms with Gasteiger partial charge < -0.3 is 11.5 Å². The Kier molecular flexibility index (Phi) is 15.9. The lowest BCUT2D eigenvalue weighted by Gasteiger charge is -1.86. The van der Waals surface area contributed by atoms with Crippen LogP contribution in [0.15, 0.2) is 0 Å². The van der Waals surface area contributed by atoms with E-state index in [1.54, 1.807) is 0 Å². The highest BCUT2D eigenvalue weighted by atomic mass is 32.3. The van der Waals surface area contributed by atoms with Gasteiger partial charge in [0.15, 0.2) is 0 Å². The van der Waals surface area contributed by atoms with Crippen LogP contribution in [0.4, 0.5) is 0 Å². The molecular weight excluding hydrogens is 188 g/mol. The molecule has 0 aliphatic carbocycles. The maximum Gasteiger partial charge on any atom is 0.423 e. The number of hydrogen-bond acceptors (Lipinski definition) is 6. The molecular formula is C4H16N2O5S. The van der Waals surface area contributed by atoms with Gasteiger partial charge in [0.2, 0.25) is 0 Å². The molecule has 0 saturated heterocycles. The van der Waals surface area contributed by atoms with E-state index >= 15 is 0 Å². The maximum absolute atomic E-state index is 9.08. The highest BCUT2D eigenvalue weighted by Crippen LogP contribution is 1.74. The van der Waals surface area contributed by atoms with Crippen LogP contribution in [-0.2, 0) is 14.7 Å². The first kappa shape index (κ1) is 17.7. The maximum atomic E-state index is 9.08. The van der Waals surface area contributed by atoms with Crippen LogP contribution in [0.25, 0.3) is 0 Å². The summed E-state index contributed by atoms with van der Waals surface area (Å²) in [6.45, 7) is 6.39. The van der Waals surface area contributed by atoms with E-state index in [1.807, 2.05) is 0 Å². The highest BCUT2D eigenvalue weighted by Gasteiger charge is 1.97. The summed E-state index contributed by atoms with van der Waals surface area (Å²) < 4.78 is 28.0. The highest BCUT2D eigenvalue weighted by molar-refractivity contribution is 7.80. The molecule has 78 valence electrons.